The molecule has 2 aromatic rings. The molecule has 258 valence electrons. The van der Waals surface area contributed by atoms with E-state index in [1.807, 2.05) is 27.7 Å². The van der Waals surface area contributed by atoms with Crippen molar-refractivity contribution in [3.63, 3.8) is 0 Å². The Kier molecular flexibility index (Phi) is 11.8. The molecule has 3 aliphatic rings. The summed E-state index contributed by atoms with van der Waals surface area (Å²) in [5, 5.41) is 18.2. The second kappa shape index (κ2) is 14.4. The highest BCUT2D eigenvalue weighted by atomic mass is 19.1. The van der Waals surface area contributed by atoms with E-state index in [1.165, 1.54) is 18.2 Å². The Labute approximate surface area is 280 Å². The number of rotatable bonds is 4. The summed E-state index contributed by atoms with van der Waals surface area (Å²) in [5.41, 5.74) is -1.02. The Balaban J connectivity index is 0.000000259. The van der Waals surface area contributed by atoms with Crippen LogP contribution in [0.3, 0.4) is 0 Å². The maximum atomic E-state index is 15.2. The molecule has 2 aromatic carbocycles. The number of halogens is 2. The smallest absolute Gasteiger partial charge is 0.423 e. The van der Waals surface area contributed by atoms with Crippen molar-refractivity contribution >= 4 is 37.0 Å². The van der Waals surface area contributed by atoms with Crippen LogP contribution in [0, 0.1) is 22.5 Å². The Hall–Kier alpha value is -2.79. The summed E-state index contributed by atoms with van der Waals surface area (Å²) in [4.78, 5) is 28.7. The van der Waals surface area contributed by atoms with Crippen molar-refractivity contribution in [1.29, 1.82) is 0 Å². The van der Waals surface area contributed by atoms with E-state index in [-0.39, 0.29) is 46.2 Å². The van der Waals surface area contributed by atoms with E-state index in [9.17, 15) is 14.0 Å². The molecular weight excluding hydrogens is 604 g/mol. The summed E-state index contributed by atoms with van der Waals surface area (Å²) >= 11 is 0. The molecule has 2 N–H and O–H groups in total. The Morgan fingerprint density at radius 3 is 1.60 bits per heavy atom. The predicted molar refractivity (Wildman–Crippen MR) is 183 cm³/mol. The van der Waals surface area contributed by atoms with Gasteiger partial charge in [0.25, 0.3) is 11.8 Å². The Morgan fingerprint density at radius 2 is 1.17 bits per heavy atom. The van der Waals surface area contributed by atoms with Crippen LogP contribution in [0.4, 0.5) is 8.78 Å². The molecular formula is C35H52B2F2N2O6. The maximum Gasteiger partial charge on any atom is 0.497 e. The zero-order chi connectivity index (χ0) is 34.2. The van der Waals surface area contributed by atoms with Gasteiger partial charge in [-0.25, -0.2) is 8.78 Å². The molecule has 0 atom stereocenters. The van der Waals surface area contributed by atoms with E-state index in [2.05, 4.69) is 27.7 Å². The molecule has 3 heterocycles. The molecule has 3 aliphatic heterocycles. The summed E-state index contributed by atoms with van der Waals surface area (Å²) in [7, 11) is -2.73. The molecule has 3 saturated heterocycles. The summed E-state index contributed by atoms with van der Waals surface area (Å²) in [6.07, 6.45) is 3.95. The minimum atomic E-state index is -1.92. The van der Waals surface area contributed by atoms with Crippen LogP contribution in [0.2, 0.25) is 0 Å². The fraction of sp³-hybridized carbons (Fsp3) is 0.600. The van der Waals surface area contributed by atoms with Crippen molar-refractivity contribution in [2.75, 3.05) is 26.2 Å². The first-order chi connectivity index (χ1) is 21.3. The molecule has 12 heteroatoms. The first-order valence-electron chi connectivity index (χ1n) is 16.1. The van der Waals surface area contributed by atoms with E-state index < -0.39 is 43.0 Å². The topological polar surface area (TPSA) is 99.5 Å². The molecule has 0 unspecified atom stereocenters. The number of likely N-dealkylation sites (tertiary alicyclic amines) is 2. The molecule has 47 heavy (non-hydrogen) atoms. The van der Waals surface area contributed by atoms with Crippen molar-refractivity contribution in [3.05, 3.63) is 59.2 Å². The van der Waals surface area contributed by atoms with Gasteiger partial charge in [-0.15, -0.1) is 0 Å². The average molecular weight is 656 g/mol. The van der Waals surface area contributed by atoms with Gasteiger partial charge in [0.05, 0.1) is 22.3 Å². The predicted octanol–water partition coefficient (Wildman–Crippen LogP) is 4.79. The van der Waals surface area contributed by atoms with Gasteiger partial charge in [-0.1, -0.05) is 59.4 Å². The molecule has 2 amide bonds. The van der Waals surface area contributed by atoms with E-state index in [1.54, 1.807) is 28.0 Å². The van der Waals surface area contributed by atoms with Gasteiger partial charge in [0, 0.05) is 37.1 Å². The molecule has 0 aromatic heterocycles. The van der Waals surface area contributed by atoms with Crippen LogP contribution < -0.4 is 10.9 Å². The minimum absolute atomic E-state index is 0. The lowest BCUT2D eigenvalue weighted by atomic mass is 9.77. The number of piperidine rings is 2. The third-order valence-electron chi connectivity index (χ3n) is 9.68. The molecule has 0 spiro atoms. The van der Waals surface area contributed by atoms with Crippen LogP contribution in [-0.2, 0) is 9.31 Å². The van der Waals surface area contributed by atoms with Gasteiger partial charge >= 0.3 is 14.2 Å². The largest absolute Gasteiger partial charge is 0.497 e. The lowest BCUT2D eigenvalue weighted by molar-refractivity contribution is 0.00578. The quantitative estimate of drug-likeness (QED) is 0.460. The van der Waals surface area contributed by atoms with Crippen LogP contribution in [0.1, 0.15) is 109 Å². The van der Waals surface area contributed by atoms with Gasteiger partial charge in [-0.3, -0.25) is 9.59 Å². The van der Waals surface area contributed by atoms with Gasteiger partial charge in [-0.05, 0) is 76.3 Å². The van der Waals surface area contributed by atoms with E-state index in [0.717, 1.165) is 25.7 Å². The minimum Gasteiger partial charge on any atom is -0.423 e. The lowest BCUT2D eigenvalue weighted by Crippen LogP contribution is -2.45. The fourth-order valence-corrected chi connectivity index (χ4v) is 6.32. The highest BCUT2D eigenvalue weighted by molar-refractivity contribution is 6.62. The van der Waals surface area contributed by atoms with Crippen molar-refractivity contribution in [2.45, 2.75) is 99.7 Å². The van der Waals surface area contributed by atoms with Gasteiger partial charge in [-0.2, -0.15) is 0 Å². The number of benzene rings is 2. The molecule has 0 bridgehead atoms. The Morgan fingerprint density at radius 1 is 0.745 bits per heavy atom. The number of nitrogens with zero attached hydrogens (tertiary/aromatic N) is 2. The van der Waals surface area contributed by atoms with E-state index in [0.29, 0.717) is 26.2 Å². The molecule has 5 rings (SSSR count). The maximum absolute atomic E-state index is 15.2. The van der Waals surface area contributed by atoms with E-state index >= 15 is 4.39 Å². The molecule has 0 radical (unpaired) electrons. The van der Waals surface area contributed by atoms with Crippen LogP contribution >= 0.6 is 0 Å². The number of hydrogen-bond acceptors (Lipinski definition) is 6. The molecule has 8 nitrogen and oxygen atoms in total. The summed E-state index contributed by atoms with van der Waals surface area (Å²) in [5.74, 6) is -2.04. The number of carbonyl (C=O) groups excluding carboxylic acids is 2. The Bertz CT molecular complexity index is 1430. The summed E-state index contributed by atoms with van der Waals surface area (Å²) in [6.45, 7) is 18.6. The lowest BCUT2D eigenvalue weighted by Gasteiger charge is -2.38. The van der Waals surface area contributed by atoms with Crippen LogP contribution in [0.15, 0.2) is 36.4 Å². The van der Waals surface area contributed by atoms with Crippen molar-refractivity contribution in [1.82, 2.24) is 9.80 Å². The number of amides is 2. The van der Waals surface area contributed by atoms with Crippen molar-refractivity contribution < 1.29 is 37.7 Å². The van der Waals surface area contributed by atoms with Crippen LogP contribution in [0.25, 0.3) is 0 Å². The van der Waals surface area contributed by atoms with Crippen molar-refractivity contribution in [3.8, 4) is 0 Å². The normalized spacial score (nSPS) is 20.9. The van der Waals surface area contributed by atoms with Gasteiger partial charge < -0.3 is 29.2 Å². The van der Waals surface area contributed by atoms with Gasteiger partial charge in [0.15, 0.2) is 0 Å². The molecule has 0 saturated carbocycles. The average Bonchev–Trinajstić information content (AvgIpc) is 3.17. The highest BCUT2D eigenvalue weighted by Crippen LogP contribution is 2.37. The van der Waals surface area contributed by atoms with Crippen molar-refractivity contribution in [2.24, 2.45) is 10.8 Å². The third kappa shape index (κ3) is 8.63. The zero-order valence-electron chi connectivity index (χ0n) is 28.5. The van der Waals surface area contributed by atoms with Crippen LogP contribution in [-0.4, -0.2) is 83.3 Å². The molecule has 3 fully saturated rings. The first-order valence-corrected chi connectivity index (χ1v) is 16.1. The third-order valence-corrected chi connectivity index (χ3v) is 9.68. The monoisotopic (exact) mass is 656 g/mol. The van der Waals surface area contributed by atoms with Gasteiger partial charge in [0.1, 0.15) is 11.6 Å². The highest BCUT2D eigenvalue weighted by Gasteiger charge is 2.52. The van der Waals surface area contributed by atoms with Gasteiger partial charge in [0.2, 0.25) is 0 Å². The van der Waals surface area contributed by atoms with E-state index in [4.69, 9.17) is 19.4 Å². The fourth-order valence-electron chi connectivity index (χ4n) is 6.32. The first kappa shape index (κ1) is 38.7. The zero-order valence-corrected chi connectivity index (χ0v) is 28.5. The molecule has 0 aliphatic carbocycles. The summed E-state index contributed by atoms with van der Waals surface area (Å²) in [6, 6.07) is 8.98. The second-order valence-corrected chi connectivity index (χ2v) is 15.4. The summed E-state index contributed by atoms with van der Waals surface area (Å²) < 4.78 is 41.3. The SMILES string of the molecule is C.CC1(C)CCCN(C(=O)c2cccc(B(O)O)c2F)C1.CC1(C)CCCN(C(=O)c2cccc(B3OC(C)(C)C(C)(C)O3)c2F)C1. The standard InChI is InChI=1S/C20H29BFNO3.C14H19BFNO3.CH4/c1-18(2)11-8-12-23(13-18)17(24)14-9-7-10-15(16(14)22)21-25-19(3,4)20(5,6)26-21;1-14(2)7-4-8-17(9-14)13(18)10-5-3-6-11(12(10)16)15(19)20;/h7,9-10H,8,11-13H2,1-6H3;3,5-6,19-20H,4,7-9H2,1-2H3;1H4. The van der Waals surface area contributed by atoms with Crippen LogP contribution in [0.5, 0.6) is 0 Å². The number of carbonyl (C=O) groups is 2. The number of hydrogen-bond donors (Lipinski definition) is 2. The second-order valence-electron chi connectivity index (χ2n) is 15.4.